The van der Waals surface area contributed by atoms with Crippen molar-refractivity contribution in [1.82, 2.24) is 4.98 Å². The van der Waals surface area contributed by atoms with Crippen LogP contribution >= 0.6 is 46.8 Å². The summed E-state index contributed by atoms with van der Waals surface area (Å²) < 4.78 is 0.536. The minimum atomic E-state index is 0.292. The number of halogens is 2. The highest BCUT2D eigenvalue weighted by Gasteiger charge is 2.05. The van der Waals surface area contributed by atoms with Crippen LogP contribution in [0.15, 0.2) is 24.4 Å². The third kappa shape index (κ3) is 3.32. The first-order valence-corrected chi connectivity index (χ1v) is 6.98. The Morgan fingerprint density at radius 1 is 1.44 bits per heavy atom. The summed E-state index contributed by atoms with van der Waals surface area (Å²) in [5.74, 6) is 0. The van der Waals surface area contributed by atoms with Crippen LogP contribution in [0.3, 0.4) is 0 Å². The van der Waals surface area contributed by atoms with E-state index in [0.717, 1.165) is 10.6 Å². The van der Waals surface area contributed by atoms with Gasteiger partial charge in [0.15, 0.2) is 4.47 Å². The number of aromatic nitrogens is 1. The molecule has 0 spiro atoms. The van der Waals surface area contributed by atoms with E-state index in [2.05, 4.69) is 10.3 Å². The smallest absolute Gasteiger partial charge is 0.183 e. The lowest BCUT2D eigenvalue weighted by Gasteiger charge is -2.07. The van der Waals surface area contributed by atoms with Gasteiger partial charge in [-0.05, 0) is 18.2 Å². The van der Waals surface area contributed by atoms with Crippen molar-refractivity contribution in [3.8, 4) is 0 Å². The van der Waals surface area contributed by atoms with Crippen LogP contribution in [0.4, 0.5) is 5.69 Å². The fourth-order valence-corrected chi connectivity index (χ4v) is 2.81. The number of nitrogens with two attached hydrogens (primary N) is 1. The van der Waals surface area contributed by atoms with Crippen LogP contribution in [0.1, 0.15) is 10.4 Å². The van der Waals surface area contributed by atoms with Crippen molar-refractivity contribution in [3.63, 3.8) is 0 Å². The van der Waals surface area contributed by atoms with Crippen molar-refractivity contribution in [2.75, 3.05) is 5.32 Å². The topological polar surface area (TPSA) is 50.9 Å². The zero-order chi connectivity index (χ0) is 13.1. The standard InChI is InChI=1S/C11H9Cl2N3S2/c12-9-3-6(1-2-8(9)10(14)17)15-4-7-5-16-11(13)18-7/h1-3,5,15H,4H2,(H2,14,17). The Hall–Kier alpha value is -0.880. The van der Waals surface area contributed by atoms with E-state index in [1.54, 1.807) is 18.3 Å². The normalized spacial score (nSPS) is 10.3. The second-order valence-electron chi connectivity index (χ2n) is 3.49. The van der Waals surface area contributed by atoms with E-state index < -0.39 is 0 Å². The minimum Gasteiger partial charge on any atom is -0.389 e. The van der Waals surface area contributed by atoms with Gasteiger partial charge in [0.05, 0.1) is 11.6 Å². The molecule has 94 valence electrons. The highest BCUT2D eigenvalue weighted by molar-refractivity contribution is 7.80. The molecule has 3 N–H and O–H groups in total. The Morgan fingerprint density at radius 3 is 2.78 bits per heavy atom. The average molecular weight is 318 g/mol. The van der Waals surface area contributed by atoms with Gasteiger partial charge >= 0.3 is 0 Å². The zero-order valence-corrected chi connectivity index (χ0v) is 12.3. The van der Waals surface area contributed by atoms with E-state index in [-0.39, 0.29) is 0 Å². The molecule has 0 fully saturated rings. The lowest BCUT2D eigenvalue weighted by molar-refractivity contribution is 1.17. The molecule has 1 heterocycles. The quantitative estimate of drug-likeness (QED) is 0.844. The molecule has 0 saturated heterocycles. The number of benzene rings is 1. The van der Waals surface area contributed by atoms with Gasteiger partial charge in [0.25, 0.3) is 0 Å². The summed E-state index contributed by atoms with van der Waals surface area (Å²) in [7, 11) is 0. The van der Waals surface area contributed by atoms with Gasteiger partial charge in [-0.15, -0.1) is 11.3 Å². The van der Waals surface area contributed by atoms with E-state index in [9.17, 15) is 0 Å². The predicted molar refractivity (Wildman–Crippen MR) is 81.8 cm³/mol. The fraction of sp³-hybridized carbons (Fsp3) is 0.0909. The van der Waals surface area contributed by atoms with E-state index in [4.69, 9.17) is 41.2 Å². The van der Waals surface area contributed by atoms with Crippen LogP contribution < -0.4 is 11.1 Å². The Balaban J connectivity index is 2.06. The number of rotatable bonds is 4. The Bertz CT molecular complexity index is 583. The van der Waals surface area contributed by atoms with Crippen LogP contribution in [0.5, 0.6) is 0 Å². The summed E-state index contributed by atoms with van der Waals surface area (Å²) in [5, 5.41) is 3.76. The molecule has 0 aliphatic rings. The molecule has 18 heavy (non-hydrogen) atoms. The molecule has 3 nitrogen and oxygen atoms in total. The lowest BCUT2D eigenvalue weighted by Crippen LogP contribution is -2.10. The predicted octanol–water partition coefficient (Wildman–Crippen LogP) is 3.70. The third-order valence-electron chi connectivity index (χ3n) is 2.23. The van der Waals surface area contributed by atoms with Crippen LogP contribution in [0, 0.1) is 0 Å². The van der Waals surface area contributed by atoms with Crippen LogP contribution in [0.2, 0.25) is 9.49 Å². The SMILES string of the molecule is NC(=S)c1ccc(NCc2cnc(Cl)s2)cc1Cl. The monoisotopic (exact) mass is 317 g/mol. The first kappa shape index (κ1) is 13.5. The molecule has 0 aliphatic carbocycles. The lowest BCUT2D eigenvalue weighted by atomic mass is 10.2. The van der Waals surface area contributed by atoms with Crippen molar-refractivity contribution in [2.45, 2.75) is 6.54 Å². The molecule has 0 unspecified atom stereocenters. The van der Waals surface area contributed by atoms with Crippen molar-refractivity contribution in [1.29, 1.82) is 0 Å². The van der Waals surface area contributed by atoms with Gasteiger partial charge in [0.1, 0.15) is 4.99 Å². The number of hydrogen-bond acceptors (Lipinski definition) is 4. The van der Waals surface area contributed by atoms with Crippen LogP contribution in [-0.2, 0) is 6.54 Å². The molecule has 0 saturated carbocycles. The fourth-order valence-electron chi connectivity index (χ4n) is 1.38. The number of hydrogen-bond donors (Lipinski definition) is 2. The molecule has 0 bridgehead atoms. The number of thiazole rings is 1. The number of nitrogens with one attached hydrogen (secondary N) is 1. The molecule has 0 aliphatic heterocycles. The second-order valence-corrected chi connectivity index (χ2v) is 6.04. The summed E-state index contributed by atoms with van der Waals surface area (Å²) in [6.07, 6.45) is 1.74. The molecule has 1 aromatic heterocycles. The maximum atomic E-state index is 6.07. The van der Waals surface area contributed by atoms with Crippen LogP contribution in [0.25, 0.3) is 0 Å². The van der Waals surface area contributed by atoms with Gasteiger partial charge in [-0.1, -0.05) is 35.4 Å². The van der Waals surface area contributed by atoms with Crippen molar-refractivity contribution in [3.05, 3.63) is 44.3 Å². The highest BCUT2D eigenvalue weighted by atomic mass is 35.5. The number of anilines is 1. The summed E-state index contributed by atoms with van der Waals surface area (Å²) >= 11 is 18.2. The van der Waals surface area contributed by atoms with Gasteiger partial charge in [-0.3, -0.25) is 0 Å². The second kappa shape index (κ2) is 5.84. The zero-order valence-electron chi connectivity index (χ0n) is 9.11. The van der Waals surface area contributed by atoms with Crippen molar-refractivity contribution in [2.24, 2.45) is 5.73 Å². The Kier molecular flexibility index (Phi) is 4.40. The van der Waals surface area contributed by atoms with E-state index >= 15 is 0 Å². The average Bonchev–Trinajstić information content (AvgIpc) is 2.72. The first-order chi connectivity index (χ1) is 8.56. The number of nitrogens with zero attached hydrogens (tertiary/aromatic N) is 1. The third-order valence-corrected chi connectivity index (χ3v) is 3.87. The Labute approximate surface area is 124 Å². The Morgan fingerprint density at radius 2 is 2.22 bits per heavy atom. The van der Waals surface area contributed by atoms with Gasteiger partial charge in [-0.2, -0.15) is 0 Å². The summed E-state index contributed by atoms with van der Waals surface area (Å²) in [6, 6.07) is 5.47. The van der Waals surface area contributed by atoms with Gasteiger partial charge < -0.3 is 11.1 Å². The van der Waals surface area contributed by atoms with Gasteiger partial charge in [-0.25, -0.2) is 4.98 Å². The molecule has 2 aromatic rings. The van der Waals surface area contributed by atoms with Crippen molar-refractivity contribution >= 4 is 57.4 Å². The number of thiocarbonyl (C=S) groups is 1. The molecule has 0 atom stereocenters. The first-order valence-electron chi connectivity index (χ1n) is 4.99. The van der Waals surface area contributed by atoms with E-state index in [0.29, 0.717) is 26.6 Å². The molecule has 1 aromatic carbocycles. The molecular formula is C11H9Cl2N3S2. The van der Waals surface area contributed by atoms with Gasteiger partial charge in [0.2, 0.25) is 0 Å². The molecular weight excluding hydrogens is 309 g/mol. The largest absolute Gasteiger partial charge is 0.389 e. The molecule has 7 heteroatoms. The van der Waals surface area contributed by atoms with E-state index in [1.165, 1.54) is 11.3 Å². The highest BCUT2D eigenvalue weighted by Crippen LogP contribution is 2.23. The van der Waals surface area contributed by atoms with E-state index in [1.807, 2.05) is 6.07 Å². The molecule has 0 amide bonds. The van der Waals surface area contributed by atoms with Crippen molar-refractivity contribution < 1.29 is 0 Å². The summed E-state index contributed by atoms with van der Waals surface area (Å²) in [4.78, 5) is 5.31. The molecule has 2 rings (SSSR count). The van der Waals surface area contributed by atoms with Crippen LogP contribution in [-0.4, -0.2) is 9.97 Å². The van der Waals surface area contributed by atoms with Gasteiger partial charge in [0, 0.05) is 22.3 Å². The summed E-state index contributed by atoms with van der Waals surface area (Å²) in [5.41, 5.74) is 7.11. The maximum Gasteiger partial charge on any atom is 0.183 e. The maximum absolute atomic E-state index is 6.07. The minimum absolute atomic E-state index is 0.292. The molecule has 0 radical (unpaired) electrons. The summed E-state index contributed by atoms with van der Waals surface area (Å²) in [6.45, 7) is 0.646.